The highest BCUT2D eigenvalue weighted by molar-refractivity contribution is 7.47. The van der Waals surface area contributed by atoms with Gasteiger partial charge in [-0.15, -0.1) is 0 Å². The van der Waals surface area contributed by atoms with Gasteiger partial charge < -0.3 is 23.6 Å². The molecule has 0 aromatic carbocycles. The molecule has 3 fully saturated rings. The van der Waals surface area contributed by atoms with E-state index in [2.05, 4.69) is 59.8 Å². The zero-order valence-corrected chi connectivity index (χ0v) is 46.2. The number of unbranched alkanes of at least 4 members (excludes halogenated alkanes) is 11. The Labute approximate surface area is 420 Å². The number of carbonyl (C=O) groups is 3. The summed E-state index contributed by atoms with van der Waals surface area (Å²) < 4.78 is 40.6. The molecule has 0 radical (unpaired) electrons. The van der Waals surface area contributed by atoms with E-state index in [1.807, 2.05) is 21.1 Å². The second-order valence-electron chi connectivity index (χ2n) is 23.9. The van der Waals surface area contributed by atoms with Crippen LogP contribution >= 0.6 is 7.82 Å². The van der Waals surface area contributed by atoms with Crippen LogP contribution in [-0.4, -0.2) is 87.0 Å². The van der Waals surface area contributed by atoms with Gasteiger partial charge in [0.15, 0.2) is 6.10 Å². The largest absolute Gasteiger partial charge is 0.472 e. The van der Waals surface area contributed by atoms with Crippen LogP contribution in [-0.2, 0) is 42.2 Å². The molecule has 0 aromatic heterocycles. The number of ether oxygens (including phenoxy) is 3. The lowest BCUT2D eigenvalue weighted by Gasteiger charge is -2.58. The van der Waals surface area contributed by atoms with Crippen LogP contribution in [0.15, 0.2) is 23.8 Å². The Morgan fingerprint density at radius 2 is 1.43 bits per heavy atom. The van der Waals surface area contributed by atoms with Crippen molar-refractivity contribution >= 4 is 25.7 Å². The molecule has 3 saturated carbocycles. The summed E-state index contributed by atoms with van der Waals surface area (Å²) in [6, 6.07) is 0. The van der Waals surface area contributed by atoms with Crippen LogP contribution in [0.4, 0.5) is 0 Å². The van der Waals surface area contributed by atoms with Crippen LogP contribution in [0.25, 0.3) is 0 Å². The maximum absolute atomic E-state index is 13.2. The van der Waals surface area contributed by atoms with Gasteiger partial charge in [0.1, 0.15) is 25.9 Å². The molecule has 0 spiro atoms. The zero-order chi connectivity index (χ0) is 50.5. The minimum absolute atomic E-state index is 0.0218. The maximum Gasteiger partial charge on any atom is 0.472 e. The first-order valence-corrected chi connectivity index (χ1v) is 29.6. The molecule has 0 aromatic rings. The molecule has 398 valence electrons. The lowest BCUT2D eigenvalue weighted by molar-refractivity contribution is -0.870. The monoisotopic (exact) mass is 991 g/mol. The van der Waals surface area contributed by atoms with Crippen LogP contribution in [0.3, 0.4) is 0 Å². The fourth-order valence-electron chi connectivity index (χ4n) is 12.8. The highest BCUT2D eigenvalue weighted by atomic mass is 31.2. The van der Waals surface area contributed by atoms with E-state index in [4.69, 9.17) is 23.3 Å². The Hall–Kier alpha value is -2.04. The Kier molecular flexibility index (Phi) is 25.5. The van der Waals surface area contributed by atoms with Gasteiger partial charge >= 0.3 is 25.7 Å². The fourth-order valence-corrected chi connectivity index (χ4v) is 13.5. The van der Waals surface area contributed by atoms with Gasteiger partial charge in [0, 0.05) is 12.8 Å². The van der Waals surface area contributed by atoms with Crippen LogP contribution in [0.1, 0.15) is 215 Å². The van der Waals surface area contributed by atoms with E-state index in [-0.39, 0.29) is 44.0 Å². The number of hydrogen-bond acceptors (Lipinski definition) is 9. The number of carbonyl (C=O) groups excluding carboxylic acids is 3. The number of likely N-dealkylation sites (N-methyl/N-ethyl adjacent to an activating group) is 1. The van der Waals surface area contributed by atoms with Gasteiger partial charge in [-0.25, -0.2) is 4.57 Å². The molecule has 0 aliphatic heterocycles. The molecular formula is C57H101NO10P+. The molecule has 0 bridgehead atoms. The Morgan fingerprint density at radius 3 is 2.12 bits per heavy atom. The van der Waals surface area contributed by atoms with Crippen molar-refractivity contribution < 1.29 is 51.6 Å². The zero-order valence-electron chi connectivity index (χ0n) is 45.3. The SMILES string of the molecule is CCCCCCCCC=CCCCCCCCC(=O)OCC(COP(=O)(O)OCC[N+](C)(C)C)OC(=O)CCC(=O)OC1CCC2(C)C(=CCC3C2CCC2(C)C(C(C)CCCC(C)C)CCC32)C1. The molecule has 0 saturated heterocycles. The second-order valence-corrected chi connectivity index (χ2v) is 25.3. The number of hydrogen-bond donors (Lipinski definition) is 1. The number of nitrogens with zero attached hydrogens (tertiary/aromatic N) is 1. The first-order valence-electron chi connectivity index (χ1n) is 28.1. The predicted octanol–water partition coefficient (Wildman–Crippen LogP) is 14.1. The van der Waals surface area contributed by atoms with Gasteiger partial charge in [-0.3, -0.25) is 23.4 Å². The Balaban J connectivity index is 1.19. The molecule has 0 amide bonds. The molecule has 4 aliphatic carbocycles. The Bertz CT molecular complexity index is 1660. The summed E-state index contributed by atoms with van der Waals surface area (Å²) in [5.41, 5.74) is 2.03. The summed E-state index contributed by atoms with van der Waals surface area (Å²) >= 11 is 0. The van der Waals surface area contributed by atoms with Crippen molar-refractivity contribution in [3.63, 3.8) is 0 Å². The molecule has 0 heterocycles. The summed E-state index contributed by atoms with van der Waals surface area (Å²) in [7, 11) is 1.30. The van der Waals surface area contributed by atoms with Crippen LogP contribution < -0.4 is 0 Å². The van der Waals surface area contributed by atoms with E-state index >= 15 is 0 Å². The highest BCUT2D eigenvalue weighted by Gasteiger charge is 2.59. The smallest absolute Gasteiger partial charge is 0.462 e. The lowest BCUT2D eigenvalue weighted by Crippen LogP contribution is -2.51. The van der Waals surface area contributed by atoms with Crippen LogP contribution in [0.2, 0.25) is 0 Å². The number of rotatable bonds is 34. The summed E-state index contributed by atoms with van der Waals surface area (Å²) in [6.07, 6.45) is 33.6. The first kappa shape index (κ1) is 59.5. The van der Waals surface area contributed by atoms with E-state index in [1.54, 1.807) is 0 Å². The molecule has 4 rings (SSSR count). The molecule has 12 heteroatoms. The molecule has 69 heavy (non-hydrogen) atoms. The van der Waals surface area contributed by atoms with Crippen LogP contribution in [0, 0.1) is 46.3 Å². The average Bonchev–Trinajstić information content (AvgIpc) is 3.64. The van der Waals surface area contributed by atoms with E-state index in [9.17, 15) is 23.8 Å². The van der Waals surface area contributed by atoms with Gasteiger partial charge in [-0.1, -0.05) is 136 Å². The second kappa shape index (κ2) is 29.6. The third-order valence-electron chi connectivity index (χ3n) is 16.9. The van der Waals surface area contributed by atoms with Crippen molar-refractivity contribution in [2.75, 3.05) is 47.5 Å². The van der Waals surface area contributed by atoms with Gasteiger partial charge in [-0.05, 0) is 123 Å². The van der Waals surface area contributed by atoms with E-state index in [0.717, 1.165) is 93.8 Å². The number of allylic oxidation sites excluding steroid dienone is 3. The van der Waals surface area contributed by atoms with Gasteiger partial charge in [0.25, 0.3) is 0 Å². The summed E-state index contributed by atoms with van der Waals surface area (Å²) in [6.45, 7) is 14.2. The number of esters is 3. The standard InChI is InChI=1S/C57H100NO10P/c1-10-11-12-13-14-15-16-17-18-19-20-21-22-23-24-28-53(59)64-42-48(43-66-69(62,63)65-40-39-58(7,8)9)68-55(61)34-33-54(60)67-47-35-37-56(5)46(41-47)29-30-49-51-32-31-50(45(4)27-25-26-44(2)3)57(51,6)38-36-52(49)56/h17-18,29,44-45,47-52H,10-16,19-28,30-43H2,1-9H3/p+1. The minimum atomic E-state index is -4.49. The van der Waals surface area contributed by atoms with Gasteiger partial charge in [0.2, 0.25) is 0 Å². The summed E-state index contributed by atoms with van der Waals surface area (Å²) in [5.74, 6) is 2.99. The topological polar surface area (TPSA) is 135 Å². The first-order chi connectivity index (χ1) is 32.8. The highest BCUT2D eigenvalue weighted by Crippen LogP contribution is 2.67. The number of fused-ring (bicyclic) bond motifs is 5. The van der Waals surface area contributed by atoms with E-state index in [1.165, 1.54) is 89.0 Å². The van der Waals surface area contributed by atoms with Crippen molar-refractivity contribution in [1.82, 2.24) is 0 Å². The number of phosphoric acid groups is 1. The lowest BCUT2D eigenvalue weighted by atomic mass is 9.47. The van der Waals surface area contributed by atoms with Crippen LogP contribution in [0.5, 0.6) is 0 Å². The molecule has 1 N–H and O–H groups in total. The molecule has 10 atom stereocenters. The average molecular weight is 991 g/mol. The third-order valence-corrected chi connectivity index (χ3v) is 17.9. The molecular weight excluding hydrogens is 890 g/mol. The summed E-state index contributed by atoms with van der Waals surface area (Å²) in [4.78, 5) is 49.4. The van der Waals surface area contributed by atoms with Crippen molar-refractivity contribution in [2.45, 2.75) is 227 Å². The Morgan fingerprint density at radius 1 is 0.768 bits per heavy atom. The van der Waals surface area contributed by atoms with Crippen molar-refractivity contribution in [3.8, 4) is 0 Å². The van der Waals surface area contributed by atoms with E-state index < -0.39 is 38.4 Å². The molecule has 4 aliphatic rings. The number of phosphoric ester groups is 1. The van der Waals surface area contributed by atoms with Gasteiger partial charge in [0.05, 0.1) is 40.6 Å². The van der Waals surface area contributed by atoms with Crippen molar-refractivity contribution in [2.24, 2.45) is 46.3 Å². The quantitative estimate of drug-likeness (QED) is 0.0166. The van der Waals surface area contributed by atoms with Crippen molar-refractivity contribution in [3.05, 3.63) is 23.8 Å². The minimum Gasteiger partial charge on any atom is -0.462 e. The number of quaternary nitrogens is 1. The molecule has 10 unspecified atom stereocenters. The maximum atomic E-state index is 13.2. The predicted molar refractivity (Wildman–Crippen MR) is 277 cm³/mol. The van der Waals surface area contributed by atoms with Gasteiger partial charge in [-0.2, -0.15) is 0 Å². The normalized spacial score (nSPS) is 27.5. The third kappa shape index (κ3) is 20.4. The van der Waals surface area contributed by atoms with Crippen molar-refractivity contribution in [1.29, 1.82) is 0 Å². The fraction of sp³-hybridized carbons (Fsp3) is 0.877. The summed E-state index contributed by atoms with van der Waals surface area (Å²) in [5, 5.41) is 0. The van der Waals surface area contributed by atoms with E-state index in [0.29, 0.717) is 28.8 Å². The molecule has 11 nitrogen and oxygen atoms in total.